The number of hydrogen-bond donors (Lipinski definition) is 1. The minimum atomic E-state index is -3.57. The fourth-order valence-corrected chi connectivity index (χ4v) is 3.12. The van der Waals surface area contributed by atoms with Gasteiger partial charge in [-0.1, -0.05) is 0 Å². The lowest BCUT2D eigenvalue weighted by atomic mass is 10.3. The molecule has 1 heterocycles. The van der Waals surface area contributed by atoms with Gasteiger partial charge in [0.2, 0.25) is 10.0 Å². The molecule has 1 aromatic rings. The van der Waals surface area contributed by atoms with E-state index < -0.39 is 10.0 Å². The first kappa shape index (κ1) is 17.0. The zero-order valence-corrected chi connectivity index (χ0v) is 13.0. The monoisotopic (exact) mass is 322 g/mol. The molecule has 1 aliphatic heterocycles. The molecule has 0 amide bonds. The molecular formula is C12H19ClN2O4S. The third-order valence-electron chi connectivity index (χ3n) is 3.15. The maximum atomic E-state index is 12.4. The first-order chi connectivity index (χ1) is 8.96. The van der Waals surface area contributed by atoms with Crippen LogP contribution in [0.1, 0.15) is 6.92 Å². The Morgan fingerprint density at radius 2 is 1.90 bits per heavy atom. The van der Waals surface area contributed by atoms with Crippen molar-refractivity contribution in [2.45, 2.75) is 17.9 Å². The molecule has 8 heteroatoms. The lowest BCUT2D eigenvalue weighted by Gasteiger charge is -2.24. The molecule has 20 heavy (non-hydrogen) atoms. The van der Waals surface area contributed by atoms with Gasteiger partial charge in [0.1, 0.15) is 13.2 Å². The molecular weight excluding hydrogens is 304 g/mol. The maximum Gasteiger partial charge on any atom is 0.243 e. The second kappa shape index (κ2) is 6.62. The molecule has 1 aliphatic rings. The number of fused-ring (bicyclic) bond motifs is 1. The summed E-state index contributed by atoms with van der Waals surface area (Å²) in [5.41, 5.74) is 5.51. The number of likely N-dealkylation sites (N-methyl/N-ethyl adjacent to an activating group) is 1. The van der Waals surface area contributed by atoms with Crippen molar-refractivity contribution in [3.8, 4) is 11.5 Å². The number of hydrogen-bond acceptors (Lipinski definition) is 5. The van der Waals surface area contributed by atoms with Crippen LogP contribution in [0.2, 0.25) is 0 Å². The average Bonchev–Trinajstić information content (AvgIpc) is 2.45. The summed E-state index contributed by atoms with van der Waals surface area (Å²) in [5, 5.41) is 0. The maximum absolute atomic E-state index is 12.4. The van der Waals surface area contributed by atoms with Gasteiger partial charge in [-0.25, -0.2) is 8.42 Å². The molecule has 2 rings (SSSR count). The van der Waals surface area contributed by atoms with Crippen molar-refractivity contribution >= 4 is 22.4 Å². The Bertz CT molecular complexity index is 565. The van der Waals surface area contributed by atoms with Crippen molar-refractivity contribution in [3.63, 3.8) is 0 Å². The van der Waals surface area contributed by atoms with Crippen molar-refractivity contribution in [1.82, 2.24) is 4.31 Å². The lowest BCUT2D eigenvalue weighted by molar-refractivity contribution is 0.171. The fourth-order valence-electron chi connectivity index (χ4n) is 1.74. The van der Waals surface area contributed by atoms with Crippen molar-refractivity contribution in [1.29, 1.82) is 0 Å². The number of nitrogens with two attached hydrogens (primary N) is 1. The van der Waals surface area contributed by atoms with Gasteiger partial charge in [0.15, 0.2) is 11.5 Å². The predicted molar refractivity (Wildman–Crippen MR) is 78.1 cm³/mol. The van der Waals surface area contributed by atoms with Gasteiger partial charge >= 0.3 is 0 Å². The molecule has 0 radical (unpaired) electrons. The summed E-state index contributed by atoms with van der Waals surface area (Å²) in [5.74, 6) is 1.03. The molecule has 0 bridgehead atoms. The van der Waals surface area contributed by atoms with Crippen molar-refractivity contribution in [2.75, 3.05) is 26.8 Å². The van der Waals surface area contributed by atoms with Crippen LogP contribution in [0.4, 0.5) is 0 Å². The summed E-state index contributed by atoms with van der Waals surface area (Å²) < 4.78 is 36.8. The number of benzene rings is 1. The Balaban J connectivity index is 0.00000200. The Morgan fingerprint density at radius 3 is 2.50 bits per heavy atom. The molecule has 1 unspecified atom stereocenters. The second-order valence-electron chi connectivity index (χ2n) is 4.41. The molecule has 6 nitrogen and oxygen atoms in total. The molecule has 0 aliphatic carbocycles. The number of ether oxygens (including phenoxy) is 2. The van der Waals surface area contributed by atoms with Gasteiger partial charge in [0.25, 0.3) is 0 Å². The van der Waals surface area contributed by atoms with Gasteiger partial charge in [-0.05, 0) is 19.1 Å². The van der Waals surface area contributed by atoms with E-state index in [1.165, 1.54) is 23.5 Å². The van der Waals surface area contributed by atoms with Crippen molar-refractivity contribution in [3.05, 3.63) is 18.2 Å². The molecule has 0 aromatic heterocycles. The van der Waals surface area contributed by atoms with Gasteiger partial charge in [-0.2, -0.15) is 4.31 Å². The van der Waals surface area contributed by atoms with Gasteiger partial charge in [0, 0.05) is 25.7 Å². The van der Waals surface area contributed by atoms with E-state index >= 15 is 0 Å². The Morgan fingerprint density at radius 1 is 1.30 bits per heavy atom. The molecule has 114 valence electrons. The van der Waals surface area contributed by atoms with E-state index in [2.05, 4.69) is 0 Å². The number of halogens is 1. The summed E-state index contributed by atoms with van der Waals surface area (Å²) in [4.78, 5) is 0.180. The van der Waals surface area contributed by atoms with E-state index in [0.717, 1.165) is 0 Å². The molecule has 1 atom stereocenters. The van der Waals surface area contributed by atoms with Crippen LogP contribution in [0, 0.1) is 0 Å². The Hall–Kier alpha value is -1.02. The first-order valence-electron chi connectivity index (χ1n) is 6.04. The first-order valence-corrected chi connectivity index (χ1v) is 7.48. The van der Waals surface area contributed by atoms with Crippen LogP contribution in [0.25, 0.3) is 0 Å². The van der Waals surface area contributed by atoms with Gasteiger partial charge < -0.3 is 15.2 Å². The molecule has 1 aromatic carbocycles. The van der Waals surface area contributed by atoms with E-state index in [-0.39, 0.29) is 29.9 Å². The zero-order chi connectivity index (χ0) is 14.0. The predicted octanol–water partition coefficient (Wildman–Crippen LogP) is 0.847. The number of rotatable bonds is 4. The van der Waals surface area contributed by atoms with E-state index in [4.69, 9.17) is 15.2 Å². The van der Waals surface area contributed by atoms with Gasteiger partial charge in [-0.15, -0.1) is 12.4 Å². The highest BCUT2D eigenvalue weighted by molar-refractivity contribution is 7.89. The Labute approximate surface area is 125 Å². The highest BCUT2D eigenvalue weighted by Gasteiger charge is 2.26. The lowest BCUT2D eigenvalue weighted by Crippen LogP contribution is -2.39. The number of sulfonamides is 1. The van der Waals surface area contributed by atoms with Crippen LogP contribution < -0.4 is 15.2 Å². The van der Waals surface area contributed by atoms with Crippen LogP contribution >= 0.6 is 12.4 Å². The van der Waals surface area contributed by atoms with Crippen LogP contribution in [-0.4, -0.2) is 45.6 Å². The molecule has 0 saturated heterocycles. The summed E-state index contributed by atoms with van der Waals surface area (Å²) >= 11 is 0. The van der Waals surface area contributed by atoms with E-state index in [1.54, 1.807) is 13.0 Å². The highest BCUT2D eigenvalue weighted by atomic mass is 35.5. The highest BCUT2D eigenvalue weighted by Crippen LogP contribution is 2.33. The minimum absolute atomic E-state index is 0. The largest absolute Gasteiger partial charge is 0.486 e. The third kappa shape index (κ3) is 3.17. The summed E-state index contributed by atoms with van der Waals surface area (Å²) in [6, 6.07) is 4.35. The van der Waals surface area contributed by atoms with Crippen molar-refractivity contribution in [2.24, 2.45) is 5.73 Å². The zero-order valence-electron chi connectivity index (χ0n) is 11.4. The van der Waals surface area contributed by atoms with Crippen molar-refractivity contribution < 1.29 is 17.9 Å². The van der Waals surface area contributed by atoms with E-state index in [9.17, 15) is 8.42 Å². The molecule has 0 saturated carbocycles. The third-order valence-corrected chi connectivity index (χ3v) is 5.12. The summed E-state index contributed by atoms with van der Waals surface area (Å²) in [6.45, 7) is 2.92. The summed E-state index contributed by atoms with van der Waals surface area (Å²) in [6.07, 6.45) is 0. The summed E-state index contributed by atoms with van der Waals surface area (Å²) in [7, 11) is -2.05. The van der Waals surface area contributed by atoms with Crippen LogP contribution in [0.15, 0.2) is 23.1 Å². The molecule has 2 N–H and O–H groups in total. The topological polar surface area (TPSA) is 81.9 Å². The molecule has 0 spiro atoms. The standard InChI is InChI=1S/C12H18N2O4S.ClH/c1-9(8-13)14(2)19(15,16)10-3-4-11-12(7-10)18-6-5-17-11;/h3-4,7,9H,5-6,8,13H2,1-2H3;1H. The van der Waals surface area contributed by atoms with Crippen LogP contribution in [-0.2, 0) is 10.0 Å². The number of nitrogens with zero attached hydrogens (tertiary/aromatic N) is 1. The average molecular weight is 323 g/mol. The van der Waals surface area contributed by atoms with Gasteiger partial charge in [0.05, 0.1) is 4.90 Å². The normalized spacial score (nSPS) is 15.6. The second-order valence-corrected chi connectivity index (χ2v) is 6.41. The van der Waals surface area contributed by atoms with Gasteiger partial charge in [-0.3, -0.25) is 0 Å². The smallest absolute Gasteiger partial charge is 0.243 e. The quantitative estimate of drug-likeness (QED) is 0.888. The SMILES string of the molecule is CC(CN)N(C)S(=O)(=O)c1ccc2c(c1)OCCO2.Cl. The van der Waals surface area contributed by atoms with Crippen LogP contribution in [0.3, 0.4) is 0 Å². The Kier molecular flexibility index (Phi) is 5.64. The van der Waals surface area contributed by atoms with Crippen LogP contribution in [0.5, 0.6) is 11.5 Å². The van der Waals surface area contributed by atoms with E-state index in [0.29, 0.717) is 24.7 Å². The van der Waals surface area contributed by atoms with E-state index in [1.807, 2.05) is 0 Å². The molecule has 0 fully saturated rings. The fraction of sp³-hybridized carbons (Fsp3) is 0.500. The minimum Gasteiger partial charge on any atom is -0.486 e.